The maximum Gasteiger partial charge on any atom is 0.332 e. The van der Waals surface area contributed by atoms with Crippen molar-refractivity contribution in [2.75, 3.05) is 26.7 Å². The molecule has 4 heteroatoms. The molecule has 116 valence electrons. The minimum atomic E-state index is -1.10. The first-order valence-electron chi connectivity index (χ1n) is 7.76. The lowest BCUT2D eigenvalue weighted by Gasteiger charge is -2.35. The highest BCUT2D eigenvalue weighted by Crippen LogP contribution is 2.28. The monoisotopic (exact) mass is 290 g/mol. The second-order valence-corrected chi connectivity index (χ2v) is 6.05. The Labute approximate surface area is 127 Å². The summed E-state index contributed by atoms with van der Waals surface area (Å²) in [6.07, 6.45) is 3.89. The maximum atomic E-state index is 12.4. The standard InChI is InChI=1S/C17H26N2O2/c1-3-21-16(20)17(18,15-10-5-4-6-11-15)13-19(2)12-14-8-7-9-14/h4-6,10-11,14H,3,7-9,12-13,18H2,1-2H3. The summed E-state index contributed by atoms with van der Waals surface area (Å²) in [6.45, 7) is 3.62. The van der Waals surface area contributed by atoms with Gasteiger partial charge in [0.1, 0.15) is 0 Å². The molecule has 0 aliphatic heterocycles. The first-order valence-corrected chi connectivity index (χ1v) is 7.76. The number of nitrogens with two attached hydrogens (primary N) is 1. The molecule has 0 aromatic heterocycles. The number of carbonyl (C=O) groups excluding carboxylic acids is 1. The fourth-order valence-electron chi connectivity index (χ4n) is 2.88. The molecule has 0 amide bonds. The third-order valence-electron chi connectivity index (χ3n) is 4.24. The molecule has 1 aromatic rings. The Morgan fingerprint density at radius 1 is 1.38 bits per heavy atom. The molecule has 0 heterocycles. The lowest BCUT2D eigenvalue weighted by Crippen LogP contribution is -2.54. The Bertz CT molecular complexity index is 459. The zero-order valence-electron chi connectivity index (χ0n) is 13.0. The minimum absolute atomic E-state index is 0.344. The van der Waals surface area contributed by atoms with Gasteiger partial charge in [0.25, 0.3) is 0 Å². The first kappa shape index (κ1) is 16.0. The van der Waals surface area contributed by atoms with E-state index >= 15 is 0 Å². The van der Waals surface area contributed by atoms with E-state index in [1.807, 2.05) is 37.4 Å². The van der Waals surface area contributed by atoms with Crippen LogP contribution in [0.4, 0.5) is 0 Å². The van der Waals surface area contributed by atoms with Gasteiger partial charge >= 0.3 is 5.97 Å². The number of rotatable bonds is 7. The van der Waals surface area contributed by atoms with Crippen LogP contribution in [0.5, 0.6) is 0 Å². The predicted octanol–water partition coefficient (Wildman–Crippen LogP) is 2.14. The van der Waals surface area contributed by atoms with Crippen molar-refractivity contribution in [1.82, 2.24) is 4.90 Å². The van der Waals surface area contributed by atoms with Gasteiger partial charge in [0.15, 0.2) is 5.54 Å². The van der Waals surface area contributed by atoms with Crippen molar-refractivity contribution in [3.63, 3.8) is 0 Å². The van der Waals surface area contributed by atoms with Crippen molar-refractivity contribution in [3.05, 3.63) is 35.9 Å². The molecule has 0 spiro atoms. The minimum Gasteiger partial charge on any atom is -0.464 e. The first-order chi connectivity index (χ1) is 10.1. The Hall–Kier alpha value is -1.39. The zero-order valence-corrected chi connectivity index (χ0v) is 13.0. The number of esters is 1. The van der Waals surface area contributed by atoms with E-state index in [9.17, 15) is 4.79 Å². The Morgan fingerprint density at radius 3 is 2.57 bits per heavy atom. The highest BCUT2D eigenvalue weighted by atomic mass is 16.5. The van der Waals surface area contributed by atoms with Crippen LogP contribution < -0.4 is 5.73 Å². The van der Waals surface area contributed by atoms with Crippen LogP contribution in [0, 0.1) is 5.92 Å². The third-order valence-corrected chi connectivity index (χ3v) is 4.24. The van der Waals surface area contributed by atoms with Gasteiger partial charge in [-0.15, -0.1) is 0 Å². The average Bonchev–Trinajstić information content (AvgIpc) is 2.44. The molecular formula is C17H26N2O2. The van der Waals surface area contributed by atoms with Crippen LogP contribution >= 0.6 is 0 Å². The van der Waals surface area contributed by atoms with Crippen molar-refractivity contribution in [2.45, 2.75) is 31.7 Å². The van der Waals surface area contributed by atoms with Gasteiger partial charge in [0, 0.05) is 13.1 Å². The molecule has 1 aliphatic carbocycles. The van der Waals surface area contributed by atoms with E-state index in [2.05, 4.69) is 4.90 Å². The molecule has 1 unspecified atom stereocenters. The molecule has 1 aliphatic rings. The Kier molecular flexibility index (Phi) is 5.37. The summed E-state index contributed by atoms with van der Waals surface area (Å²) < 4.78 is 5.22. The highest BCUT2D eigenvalue weighted by molar-refractivity contribution is 5.82. The van der Waals surface area contributed by atoms with Crippen LogP contribution in [0.2, 0.25) is 0 Å². The molecule has 2 N–H and O–H groups in total. The van der Waals surface area contributed by atoms with E-state index in [1.54, 1.807) is 6.92 Å². The zero-order chi connectivity index (χ0) is 15.3. The Morgan fingerprint density at radius 2 is 2.05 bits per heavy atom. The largest absolute Gasteiger partial charge is 0.464 e. The van der Waals surface area contributed by atoms with Crippen molar-refractivity contribution in [3.8, 4) is 0 Å². The third kappa shape index (κ3) is 3.83. The van der Waals surface area contributed by atoms with Crippen LogP contribution in [-0.4, -0.2) is 37.6 Å². The smallest absolute Gasteiger partial charge is 0.332 e. The molecule has 0 bridgehead atoms. The summed E-state index contributed by atoms with van der Waals surface area (Å²) in [5, 5.41) is 0. The fraction of sp³-hybridized carbons (Fsp3) is 0.588. The Balaban J connectivity index is 2.13. The second-order valence-electron chi connectivity index (χ2n) is 6.05. The summed E-state index contributed by atoms with van der Waals surface area (Å²) in [5.41, 5.74) is 6.18. The van der Waals surface area contributed by atoms with Gasteiger partial charge in [0.2, 0.25) is 0 Å². The molecule has 1 atom stereocenters. The van der Waals surface area contributed by atoms with Crippen LogP contribution in [0.25, 0.3) is 0 Å². The lowest BCUT2D eigenvalue weighted by molar-refractivity contribution is -0.151. The van der Waals surface area contributed by atoms with Crippen LogP contribution in [0.3, 0.4) is 0 Å². The number of nitrogens with zero attached hydrogens (tertiary/aromatic N) is 1. The molecule has 4 nitrogen and oxygen atoms in total. The number of likely N-dealkylation sites (N-methyl/N-ethyl adjacent to an activating group) is 1. The summed E-state index contributed by atoms with van der Waals surface area (Å²) in [6, 6.07) is 9.53. The van der Waals surface area contributed by atoms with Crippen LogP contribution in [-0.2, 0) is 15.1 Å². The number of ether oxygens (including phenoxy) is 1. The highest BCUT2D eigenvalue weighted by Gasteiger charge is 2.39. The van der Waals surface area contributed by atoms with Gasteiger partial charge in [-0.05, 0) is 38.3 Å². The van der Waals surface area contributed by atoms with E-state index in [4.69, 9.17) is 10.5 Å². The molecule has 2 rings (SSSR count). The summed E-state index contributed by atoms with van der Waals surface area (Å²) in [5.74, 6) is 0.397. The van der Waals surface area contributed by atoms with Crippen LogP contribution in [0.15, 0.2) is 30.3 Å². The van der Waals surface area contributed by atoms with Gasteiger partial charge in [-0.25, -0.2) is 4.79 Å². The maximum absolute atomic E-state index is 12.4. The van der Waals surface area contributed by atoms with Gasteiger partial charge in [-0.2, -0.15) is 0 Å². The van der Waals surface area contributed by atoms with E-state index in [1.165, 1.54) is 19.3 Å². The SMILES string of the molecule is CCOC(=O)C(N)(CN(C)CC1CCC1)c1ccccc1. The molecule has 0 radical (unpaired) electrons. The molecule has 1 aromatic carbocycles. The van der Waals surface area contributed by atoms with Crippen molar-refractivity contribution < 1.29 is 9.53 Å². The van der Waals surface area contributed by atoms with Crippen molar-refractivity contribution in [1.29, 1.82) is 0 Å². The van der Waals surface area contributed by atoms with E-state index in [0.29, 0.717) is 13.2 Å². The van der Waals surface area contributed by atoms with Gasteiger partial charge in [-0.3, -0.25) is 0 Å². The quantitative estimate of drug-likeness (QED) is 0.782. The summed E-state index contributed by atoms with van der Waals surface area (Å²) in [7, 11) is 2.03. The predicted molar refractivity (Wildman–Crippen MR) is 83.8 cm³/mol. The second kappa shape index (κ2) is 7.05. The van der Waals surface area contributed by atoms with Crippen LogP contribution in [0.1, 0.15) is 31.7 Å². The topological polar surface area (TPSA) is 55.6 Å². The van der Waals surface area contributed by atoms with Gasteiger partial charge < -0.3 is 15.4 Å². The van der Waals surface area contributed by atoms with Gasteiger partial charge in [-0.1, -0.05) is 36.8 Å². The normalized spacial score (nSPS) is 18.1. The number of hydrogen-bond acceptors (Lipinski definition) is 4. The van der Waals surface area contributed by atoms with E-state index in [0.717, 1.165) is 18.0 Å². The molecule has 1 fully saturated rings. The summed E-state index contributed by atoms with van der Waals surface area (Å²) >= 11 is 0. The molecule has 0 saturated heterocycles. The summed E-state index contributed by atoms with van der Waals surface area (Å²) in [4.78, 5) is 14.6. The lowest BCUT2D eigenvalue weighted by atomic mass is 9.84. The number of carbonyl (C=O) groups is 1. The van der Waals surface area contributed by atoms with Crippen molar-refractivity contribution >= 4 is 5.97 Å². The molecular weight excluding hydrogens is 264 g/mol. The molecule has 21 heavy (non-hydrogen) atoms. The van der Waals surface area contributed by atoms with E-state index in [-0.39, 0.29) is 5.97 Å². The fourth-order valence-corrected chi connectivity index (χ4v) is 2.88. The number of benzene rings is 1. The number of hydrogen-bond donors (Lipinski definition) is 1. The van der Waals surface area contributed by atoms with E-state index < -0.39 is 5.54 Å². The van der Waals surface area contributed by atoms with Crippen molar-refractivity contribution in [2.24, 2.45) is 11.7 Å². The molecule has 1 saturated carbocycles. The van der Waals surface area contributed by atoms with Gasteiger partial charge in [0.05, 0.1) is 6.61 Å². The average molecular weight is 290 g/mol.